The van der Waals surface area contributed by atoms with Crippen LogP contribution >= 0.6 is 11.3 Å². The molecule has 0 atom stereocenters. The van der Waals surface area contributed by atoms with Crippen molar-refractivity contribution in [3.63, 3.8) is 0 Å². The molecule has 0 aliphatic carbocycles. The standard InChI is InChI=1S/C21H26N4OS/c1-4-10-26-17-8-9-19(14(2)11-17)20-12-16(24-15(3)25-20)6-5-7-18-13-23-21(22)27-18/h8-9,11-13H,4-7,10H2,1-3H3,(H2,22,23). The van der Waals surface area contributed by atoms with E-state index in [9.17, 15) is 0 Å². The second kappa shape index (κ2) is 8.95. The molecule has 0 aliphatic heterocycles. The van der Waals surface area contributed by atoms with Crippen LogP contribution in [0.2, 0.25) is 0 Å². The molecular weight excluding hydrogens is 356 g/mol. The molecule has 2 N–H and O–H groups in total. The van der Waals surface area contributed by atoms with Crippen molar-refractivity contribution in [3.8, 4) is 17.0 Å². The number of thiazole rings is 1. The van der Waals surface area contributed by atoms with E-state index >= 15 is 0 Å². The van der Waals surface area contributed by atoms with Gasteiger partial charge in [0.1, 0.15) is 11.6 Å². The Kier molecular flexibility index (Phi) is 6.40. The second-order valence-corrected chi connectivity index (χ2v) is 7.78. The fraction of sp³-hybridized carbons (Fsp3) is 0.381. The number of rotatable bonds is 8. The molecule has 0 saturated carbocycles. The highest BCUT2D eigenvalue weighted by molar-refractivity contribution is 7.15. The van der Waals surface area contributed by atoms with Crippen LogP contribution in [0.1, 0.15) is 41.7 Å². The Bertz CT molecular complexity index is 907. The van der Waals surface area contributed by atoms with Crippen LogP contribution in [0.25, 0.3) is 11.3 Å². The van der Waals surface area contributed by atoms with Gasteiger partial charge in [0.15, 0.2) is 5.13 Å². The molecule has 0 radical (unpaired) electrons. The molecule has 27 heavy (non-hydrogen) atoms. The van der Waals surface area contributed by atoms with E-state index in [0.29, 0.717) is 5.13 Å². The molecule has 3 aromatic rings. The minimum absolute atomic E-state index is 0.631. The summed E-state index contributed by atoms with van der Waals surface area (Å²) in [5.74, 6) is 1.71. The highest BCUT2D eigenvalue weighted by Crippen LogP contribution is 2.26. The summed E-state index contributed by atoms with van der Waals surface area (Å²) >= 11 is 1.56. The maximum Gasteiger partial charge on any atom is 0.180 e. The molecule has 0 fully saturated rings. The summed E-state index contributed by atoms with van der Waals surface area (Å²) in [6, 6.07) is 8.29. The fourth-order valence-corrected chi connectivity index (χ4v) is 3.74. The SMILES string of the molecule is CCCOc1ccc(-c2cc(CCCc3cnc(N)s3)nc(C)n2)c(C)c1. The smallest absolute Gasteiger partial charge is 0.180 e. The summed E-state index contributed by atoms with van der Waals surface area (Å²) in [6.07, 6.45) is 5.76. The van der Waals surface area contributed by atoms with Crippen molar-refractivity contribution >= 4 is 16.5 Å². The Morgan fingerprint density at radius 2 is 1.96 bits per heavy atom. The van der Waals surface area contributed by atoms with Crippen molar-refractivity contribution < 1.29 is 4.74 Å². The number of anilines is 1. The number of hydrogen-bond donors (Lipinski definition) is 1. The van der Waals surface area contributed by atoms with Crippen LogP contribution in [0, 0.1) is 13.8 Å². The zero-order chi connectivity index (χ0) is 19.2. The van der Waals surface area contributed by atoms with Crippen molar-refractivity contribution in [2.75, 3.05) is 12.3 Å². The Morgan fingerprint density at radius 1 is 1.11 bits per heavy atom. The van der Waals surface area contributed by atoms with E-state index in [1.54, 1.807) is 11.3 Å². The molecular formula is C21H26N4OS. The number of nitrogens with two attached hydrogens (primary N) is 1. The van der Waals surface area contributed by atoms with E-state index in [1.807, 2.05) is 19.2 Å². The van der Waals surface area contributed by atoms with E-state index < -0.39 is 0 Å². The number of hydrogen-bond acceptors (Lipinski definition) is 6. The van der Waals surface area contributed by atoms with E-state index in [-0.39, 0.29) is 0 Å². The van der Waals surface area contributed by atoms with E-state index in [4.69, 9.17) is 10.5 Å². The summed E-state index contributed by atoms with van der Waals surface area (Å²) in [7, 11) is 0. The molecule has 0 amide bonds. The molecule has 0 spiro atoms. The first kappa shape index (κ1) is 19.3. The van der Waals surface area contributed by atoms with Crippen molar-refractivity contribution in [2.24, 2.45) is 0 Å². The molecule has 3 rings (SSSR count). The predicted octanol–water partition coefficient (Wildman–Crippen LogP) is 4.76. The highest BCUT2D eigenvalue weighted by atomic mass is 32.1. The fourth-order valence-electron chi connectivity index (χ4n) is 3.01. The van der Waals surface area contributed by atoms with Crippen molar-refractivity contribution in [2.45, 2.75) is 46.5 Å². The molecule has 6 heteroatoms. The van der Waals surface area contributed by atoms with Crippen LogP contribution in [-0.2, 0) is 12.8 Å². The van der Waals surface area contributed by atoms with E-state index in [2.05, 4.69) is 47.0 Å². The van der Waals surface area contributed by atoms with Crippen LogP contribution in [0.5, 0.6) is 5.75 Å². The van der Waals surface area contributed by atoms with Gasteiger partial charge < -0.3 is 10.5 Å². The molecule has 0 aliphatic rings. The van der Waals surface area contributed by atoms with Crippen molar-refractivity contribution in [3.05, 3.63) is 52.4 Å². The number of nitrogens with zero attached hydrogens (tertiary/aromatic N) is 3. The lowest BCUT2D eigenvalue weighted by Crippen LogP contribution is -2.00. The van der Waals surface area contributed by atoms with Gasteiger partial charge in [-0.3, -0.25) is 0 Å². The van der Waals surface area contributed by atoms with Gasteiger partial charge in [0.25, 0.3) is 0 Å². The van der Waals surface area contributed by atoms with E-state index in [0.717, 1.165) is 66.4 Å². The minimum atomic E-state index is 0.631. The molecule has 1 aromatic carbocycles. The zero-order valence-electron chi connectivity index (χ0n) is 16.2. The summed E-state index contributed by atoms with van der Waals surface area (Å²) < 4.78 is 5.73. The summed E-state index contributed by atoms with van der Waals surface area (Å²) in [5.41, 5.74) is 10.0. The predicted molar refractivity (Wildman–Crippen MR) is 111 cm³/mol. The van der Waals surface area contributed by atoms with Crippen LogP contribution < -0.4 is 10.5 Å². The zero-order valence-corrected chi connectivity index (χ0v) is 17.0. The Hall–Kier alpha value is -2.47. The first-order chi connectivity index (χ1) is 13.0. The molecule has 2 heterocycles. The third-order valence-corrected chi connectivity index (χ3v) is 5.15. The van der Waals surface area contributed by atoms with Crippen LogP contribution in [0.4, 0.5) is 5.13 Å². The van der Waals surface area contributed by atoms with Gasteiger partial charge in [0, 0.05) is 22.3 Å². The van der Waals surface area contributed by atoms with Gasteiger partial charge in [-0.2, -0.15) is 0 Å². The first-order valence-electron chi connectivity index (χ1n) is 9.33. The Labute approximate surface area is 164 Å². The number of nitrogen functional groups attached to an aromatic ring is 1. The summed E-state index contributed by atoms with van der Waals surface area (Å²) in [4.78, 5) is 14.6. The monoisotopic (exact) mass is 382 g/mol. The summed E-state index contributed by atoms with van der Waals surface area (Å²) in [6.45, 7) is 6.89. The third kappa shape index (κ3) is 5.26. The topological polar surface area (TPSA) is 73.9 Å². The molecule has 5 nitrogen and oxygen atoms in total. The van der Waals surface area contributed by atoms with Gasteiger partial charge >= 0.3 is 0 Å². The first-order valence-corrected chi connectivity index (χ1v) is 10.2. The maximum atomic E-state index is 5.73. The molecule has 0 unspecified atom stereocenters. The summed E-state index contributed by atoms with van der Waals surface area (Å²) in [5, 5.41) is 0.631. The molecule has 0 saturated heterocycles. The van der Waals surface area contributed by atoms with Gasteiger partial charge in [-0.05, 0) is 69.4 Å². The van der Waals surface area contributed by atoms with Crippen LogP contribution in [0.3, 0.4) is 0 Å². The quantitative estimate of drug-likeness (QED) is 0.608. The van der Waals surface area contributed by atoms with Gasteiger partial charge in [-0.15, -0.1) is 11.3 Å². The number of benzene rings is 1. The molecule has 142 valence electrons. The Morgan fingerprint density at radius 3 is 2.67 bits per heavy atom. The van der Waals surface area contributed by atoms with Gasteiger partial charge in [0.2, 0.25) is 0 Å². The number of aryl methyl sites for hydroxylation is 4. The number of ether oxygens (including phenoxy) is 1. The normalized spacial score (nSPS) is 10.9. The van der Waals surface area contributed by atoms with Gasteiger partial charge in [0.05, 0.1) is 12.3 Å². The van der Waals surface area contributed by atoms with E-state index in [1.165, 1.54) is 4.88 Å². The number of aromatic nitrogens is 3. The second-order valence-electron chi connectivity index (χ2n) is 6.64. The minimum Gasteiger partial charge on any atom is -0.494 e. The largest absolute Gasteiger partial charge is 0.494 e. The van der Waals surface area contributed by atoms with Crippen molar-refractivity contribution in [1.82, 2.24) is 15.0 Å². The third-order valence-electron chi connectivity index (χ3n) is 4.27. The van der Waals surface area contributed by atoms with Gasteiger partial charge in [-0.1, -0.05) is 6.92 Å². The molecule has 0 bridgehead atoms. The lowest BCUT2D eigenvalue weighted by atomic mass is 10.0. The average molecular weight is 383 g/mol. The van der Waals surface area contributed by atoms with Crippen molar-refractivity contribution in [1.29, 1.82) is 0 Å². The van der Waals surface area contributed by atoms with Crippen LogP contribution in [0.15, 0.2) is 30.5 Å². The Balaban J connectivity index is 1.72. The lowest BCUT2D eigenvalue weighted by molar-refractivity contribution is 0.317. The van der Waals surface area contributed by atoms with Gasteiger partial charge in [-0.25, -0.2) is 15.0 Å². The maximum absolute atomic E-state index is 5.73. The average Bonchev–Trinajstić information content (AvgIpc) is 3.04. The highest BCUT2D eigenvalue weighted by Gasteiger charge is 2.09. The molecule has 2 aromatic heterocycles. The van der Waals surface area contributed by atoms with Crippen LogP contribution in [-0.4, -0.2) is 21.6 Å². The lowest BCUT2D eigenvalue weighted by Gasteiger charge is -2.11.